The molecule has 9 heteroatoms. The van der Waals surface area contributed by atoms with Gasteiger partial charge < -0.3 is 19.5 Å². The summed E-state index contributed by atoms with van der Waals surface area (Å²) in [4.78, 5) is 26.5. The zero-order valence-corrected chi connectivity index (χ0v) is 14.7. The molecule has 1 N–H and O–H groups in total. The van der Waals surface area contributed by atoms with Crippen LogP contribution in [0.1, 0.15) is 43.2 Å². The molecule has 1 saturated heterocycles. The molecule has 1 amide bonds. The first-order valence-electron chi connectivity index (χ1n) is 8.33. The average Bonchev–Trinajstić information content (AvgIpc) is 3.08. The van der Waals surface area contributed by atoms with Crippen LogP contribution in [0.5, 0.6) is 0 Å². The highest BCUT2D eigenvalue weighted by Gasteiger charge is 2.25. The van der Waals surface area contributed by atoms with E-state index in [0.29, 0.717) is 56.0 Å². The number of nitrogens with one attached hydrogen (secondary N) is 1. The molecular weight excluding hydrogens is 324 g/mol. The molecule has 0 unspecified atom stereocenters. The Morgan fingerprint density at radius 1 is 1.40 bits per heavy atom. The van der Waals surface area contributed by atoms with E-state index in [1.807, 2.05) is 19.9 Å². The summed E-state index contributed by atoms with van der Waals surface area (Å²) < 4.78 is 10.9. The quantitative estimate of drug-likeness (QED) is 0.862. The van der Waals surface area contributed by atoms with Crippen LogP contribution in [0.15, 0.2) is 10.6 Å². The number of carbonyl (C=O) groups excluding carboxylic acids is 1. The normalized spacial score (nSPS) is 17.6. The number of aromatic nitrogens is 4. The number of rotatable bonds is 5. The van der Waals surface area contributed by atoms with Crippen LogP contribution in [0, 0.1) is 6.92 Å². The van der Waals surface area contributed by atoms with Crippen molar-refractivity contribution >= 4 is 11.7 Å². The third kappa shape index (κ3) is 4.30. The Morgan fingerprint density at radius 3 is 2.96 bits per heavy atom. The third-order valence-corrected chi connectivity index (χ3v) is 3.94. The van der Waals surface area contributed by atoms with Crippen molar-refractivity contribution in [2.24, 2.45) is 0 Å². The van der Waals surface area contributed by atoms with Crippen LogP contribution in [-0.4, -0.2) is 50.6 Å². The number of aryl methyl sites for hydroxylation is 2. The smallest absolute Gasteiger partial charge is 0.226 e. The number of nitrogens with zero attached hydrogens (tertiary/aromatic N) is 5. The number of carbonyl (C=O) groups is 1. The number of ether oxygens (including phenoxy) is 1. The minimum atomic E-state index is -0.253. The largest absolute Gasteiger partial charge is 0.368 e. The Kier molecular flexibility index (Phi) is 5.22. The van der Waals surface area contributed by atoms with Crippen LogP contribution in [0.4, 0.5) is 5.82 Å². The van der Waals surface area contributed by atoms with Gasteiger partial charge in [-0.15, -0.1) is 0 Å². The molecule has 3 rings (SSSR count). The van der Waals surface area contributed by atoms with Gasteiger partial charge in [-0.1, -0.05) is 12.1 Å². The molecule has 0 spiro atoms. The topological polar surface area (TPSA) is 106 Å². The van der Waals surface area contributed by atoms with Crippen LogP contribution < -0.4 is 5.32 Å². The van der Waals surface area contributed by atoms with Gasteiger partial charge >= 0.3 is 0 Å². The van der Waals surface area contributed by atoms with E-state index in [-0.39, 0.29) is 12.0 Å². The first kappa shape index (κ1) is 17.3. The van der Waals surface area contributed by atoms with Gasteiger partial charge in [-0.2, -0.15) is 4.98 Å². The Bertz CT molecular complexity index is 747. The molecule has 25 heavy (non-hydrogen) atoms. The maximum absolute atomic E-state index is 11.6. The van der Waals surface area contributed by atoms with Gasteiger partial charge in [0, 0.05) is 26.0 Å². The van der Waals surface area contributed by atoms with Gasteiger partial charge in [0.2, 0.25) is 11.8 Å². The third-order valence-electron chi connectivity index (χ3n) is 3.94. The molecule has 0 radical (unpaired) electrons. The summed E-state index contributed by atoms with van der Waals surface area (Å²) in [6, 6.07) is 1.84. The van der Waals surface area contributed by atoms with Crippen molar-refractivity contribution in [3.8, 4) is 0 Å². The monoisotopic (exact) mass is 346 g/mol. The molecule has 2 aromatic rings. The first-order chi connectivity index (χ1) is 12.0. The van der Waals surface area contributed by atoms with Crippen molar-refractivity contribution in [1.82, 2.24) is 25.0 Å². The van der Waals surface area contributed by atoms with Gasteiger partial charge in [0.25, 0.3) is 0 Å². The fraction of sp³-hybridized carbons (Fsp3) is 0.562. The average molecular weight is 346 g/mol. The fourth-order valence-electron chi connectivity index (χ4n) is 2.64. The Labute approximate surface area is 145 Å². The van der Waals surface area contributed by atoms with E-state index < -0.39 is 0 Å². The van der Waals surface area contributed by atoms with Gasteiger partial charge in [0.05, 0.1) is 25.4 Å². The highest BCUT2D eigenvalue weighted by molar-refractivity contribution is 5.73. The molecule has 0 aliphatic carbocycles. The Balaban J connectivity index is 1.70. The van der Waals surface area contributed by atoms with Crippen molar-refractivity contribution in [3.05, 3.63) is 29.3 Å². The number of hydrogen-bond acceptors (Lipinski definition) is 8. The second kappa shape index (κ2) is 7.56. The summed E-state index contributed by atoms with van der Waals surface area (Å²) >= 11 is 0. The van der Waals surface area contributed by atoms with Gasteiger partial charge in [-0.3, -0.25) is 4.79 Å². The summed E-state index contributed by atoms with van der Waals surface area (Å²) in [5.74, 6) is 2.52. The van der Waals surface area contributed by atoms with Crippen molar-refractivity contribution in [2.75, 3.05) is 25.0 Å². The molecule has 1 aliphatic rings. The molecule has 3 heterocycles. The summed E-state index contributed by atoms with van der Waals surface area (Å²) in [5, 5.41) is 7.09. The first-order valence-corrected chi connectivity index (χ1v) is 8.33. The van der Waals surface area contributed by atoms with Gasteiger partial charge in [-0.25, -0.2) is 9.97 Å². The maximum Gasteiger partial charge on any atom is 0.226 e. The van der Waals surface area contributed by atoms with E-state index in [1.165, 1.54) is 0 Å². The minimum absolute atomic E-state index is 0.0428. The molecule has 0 saturated carbocycles. The van der Waals surface area contributed by atoms with Crippen LogP contribution >= 0.6 is 0 Å². The van der Waals surface area contributed by atoms with Gasteiger partial charge in [-0.05, 0) is 6.92 Å². The molecule has 9 nitrogen and oxygen atoms in total. The summed E-state index contributed by atoms with van der Waals surface area (Å²) in [7, 11) is 0. The van der Waals surface area contributed by atoms with Crippen LogP contribution in [0.25, 0.3) is 0 Å². The fourth-order valence-corrected chi connectivity index (χ4v) is 2.64. The number of morpholine rings is 1. The lowest BCUT2D eigenvalue weighted by Gasteiger charge is -2.32. The second-order valence-corrected chi connectivity index (χ2v) is 5.86. The standard InChI is InChI=1S/C16H22N6O3/c1-4-16-20-15(21-25-16)8-17-14-7-12(18-10(2)19-14)13-9-22(11(3)23)5-6-24-13/h7,13H,4-6,8-9H2,1-3H3,(H,17,18,19)/t13-/m0/s1. The zero-order chi connectivity index (χ0) is 17.8. The second-order valence-electron chi connectivity index (χ2n) is 5.86. The van der Waals surface area contributed by atoms with Crippen LogP contribution in [0.2, 0.25) is 0 Å². The lowest BCUT2D eigenvalue weighted by atomic mass is 10.2. The molecule has 134 valence electrons. The number of amides is 1. The Morgan fingerprint density at radius 2 is 2.24 bits per heavy atom. The van der Waals surface area contributed by atoms with E-state index in [0.717, 1.165) is 5.69 Å². The molecular formula is C16H22N6O3. The van der Waals surface area contributed by atoms with E-state index in [1.54, 1.807) is 11.8 Å². The van der Waals surface area contributed by atoms with Crippen molar-refractivity contribution in [2.45, 2.75) is 39.8 Å². The molecule has 0 aromatic carbocycles. The lowest BCUT2D eigenvalue weighted by Crippen LogP contribution is -2.41. The van der Waals surface area contributed by atoms with E-state index >= 15 is 0 Å². The number of hydrogen-bond donors (Lipinski definition) is 1. The molecule has 0 bridgehead atoms. The predicted molar refractivity (Wildman–Crippen MR) is 88.7 cm³/mol. The summed E-state index contributed by atoms with van der Waals surface area (Å²) in [6.07, 6.45) is 0.451. The van der Waals surface area contributed by atoms with Crippen molar-refractivity contribution in [3.63, 3.8) is 0 Å². The predicted octanol–water partition coefficient (Wildman–Crippen LogP) is 1.26. The van der Waals surface area contributed by atoms with E-state index in [2.05, 4.69) is 25.4 Å². The summed E-state index contributed by atoms with van der Waals surface area (Å²) in [5.41, 5.74) is 0.753. The van der Waals surface area contributed by atoms with Crippen molar-refractivity contribution in [1.29, 1.82) is 0 Å². The van der Waals surface area contributed by atoms with Crippen LogP contribution in [-0.2, 0) is 22.5 Å². The minimum Gasteiger partial charge on any atom is -0.368 e. The van der Waals surface area contributed by atoms with E-state index in [4.69, 9.17) is 9.26 Å². The highest BCUT2D eigenvalue weighted by atomic mass is 16.5. The lowest BCUT2D eigenvalue weighted by molar-refractivity contribution is -0.136. The molecule has 2 aromatic heterocycles. The Hall–Kier alpha value is -2.55. The highest BCUT2D eigenvalue weighted by Crippen LogP contribution is 2.22. The van der Waals surface area contributed by atoms with Gasteiger partial charge in [0.1, 0.15) is 17.7 Å². The maximum atomic E-state index is 11.6. The summed E-state index contributed by atoms with van der Waals surface area (Å²) in [6.45, 7) is 7.36. The van der Waals surface area contributed by atoms with Crippen molar-refractivity contribution < 1.29 is 14.1 Å². The SMILES string of the molecule is CCc1nc(CNc2cc([C@@H]3CN(C(C)=O)CCO3)nc(C)n2)no1. The molecule has 1 fully saturated rings. The molecule has 1 aliphatic heterocycles. The zero-order valence-electron chi connectivity index (χ0n) is 14.7. The van der Waals surface area contributed by atoms with Crippen LogP contribution in [0.3, 0.4) is 0 Å². The van der Waals surface area contributed by atoms with Gasteiger partial charge in [0.15, 0.2) is 5.82 Å². The molecule has 1 atom stereocenters. The van der Waals surface area contributed by atoms with E-state index in [9.17, 15) is 4.79 Å². The number of anilines is 1.